The van der Waals surface area contributed by atoms with Crippen molar-refractivity contribution in [2.75, 3.05) is 6.54 Å². The van der Waals surface area contributed by atoms with Gasteiger partial charge in [-0.25, -0.2) is 4.39 Å². The van der Waals surface area contributed by atoms with Crippen LogP contribution in [0.2, 0.25) is 5.02 Å². The predicted octanol–water partition coefficient (Wildman–Crippen LogP) is 5.12. The maximum absolute atomic E-state index is 13.9. The second kappa shape index (κ2) is 7.25. The third-order valence-electron chi connectivity index (χ3n) is 3.05. The number of hydrogen-bond donors (Lipinski definition) is 1. The fourth-order valence-corrected chi connectivity index (χ4v) is 2.60. The largest absolute Gasteiger partial charge is 0.453 e. The van der Waals surface area contributed by atoms with Crippen LogP contribution in [-0.4, -0.2) is 6.54 Å². The van der Waals surface area contributed by atoms with Gasteiger partial charge in [0, 0.05) is 10.6 Å². The minimum atomic E-state index is -0.286. The monoisotopic (exact) mass is 359 g/mol. The van der Waals surface area contributed by atoms with E-state index >= 15 is 0 Å². The summed E-state index contributed by atoms with van der Waals surface area (Å²) in [4.78, 5) is 0. The summed E-state index contributed by atoms with van der Waals surface area (Å²) >= 11 is 9.38. The van der Waals surface area contributed by atoms with Crippen LogP contribution in [0.1, 0.15) is 30.7 Å². The zero-order chi connectivity index (χ0) is 14.5. The fraction of sp³-hybridized carbons (Fsp3) is 0.333. The standard InChI is InChI=1S/C15H16BrClFNO/c1-2-8-19-13(14-6-7-15(16)20-14)9-10-11(17)4-3-5-12(10)18/h3-7,13,19H,2,8-9H2,1H3. The molecule has 1 unspecified atom stereocenters. The van der Waals surface area contributed by atoms with Crippen LogP contribution in [0.5, 0.6) is 0 Å². The van der Waals surface area contributed by atoms with E-state index in [4.69, 9.17) is 16.0 Å². The van der Waals surface area contributed by atoms with Gasteiger partial charge in [0.2, 0.25) is 0 Å². The Balaban J connectivity index is 2.23. The highest BCUT2D eigenvalue weighted by Crippen LogP contribution is 2.28. The Morgan fingerprint density at radius 1 is 1.35 bits per heavy atom. The third-order valence-corrected chi connectivity index (χ3v) is 3.83. The number of hydrogen-bond acceptors (Lipinski definition) is 2. The summed E-state index contributed by atoms with van der Waals surface area (Å²) in [5.41, 5.74) is 0.510. The van der Waals surface area contributed by atoms with Gasteiger partial charge >= 0.3 is 0 Å². The van der Waals surface area contributed by atoms with E-state index in [-0.39, 0.29) is 11.9 Å². The SMILES string of the molecule is CCCNC(Cc1c(F)cccc1Cl)c1ccc(Br)o1. The molecule has 2 rings (SSSR count). The van der Waals surface area contributed by atoms with Crippen molar-refractivity contribution >= 4 is 27.5 Å². The van der Waals surface area contributed by atoms with E-state index in [2.05, 4.69) is 28.2 Å². The molecule has 0 fully saturated rings. The van der Waals surface area contributed by atoms with E-state index in [0.29, 0.717) is 21.7 Å². The van der Waals surface area contributed by atoms with Crippen molar-refractivity contribution in [1.29, 1.82) is 0 Å². The molecule has 1 aromatic heterocycles. The number of rotatable bonds is 6. The second-order valence-electron chi connectivity index (χ2n) is 4.55. The van der Waals surface area contributed by atoms with Gasteiger partial charge < -0.3 is 9.73 Å². The van der Waals surface area contributed by atoms with E-state index < -0.39 is 0 Å². The van der Waals surface area contributed by atoms with Crippen LogP contribution in [0.15, 0.2) is 39.4 Å². The first-order valence-corrected chi connectivity index (χ1v) is 7.70. The summed E-state index contributed by atoms with van der Waals surface area (Å²) in [6.07, 6.45) is 1.44. The zero-order valence-corrected chi connectivity index (χ0v) is 13.5. The number of benzene rings is 1. The Hall–Kier alpha value is -0.840. The molecular weight excluding hydrogens is 345 g/mol. The summed E-state index contributed by atoms with van der Waals surface area (Å²) in [6, 6.07) is 8.35. The summed E-state index contributed by atoms with van der Waals surface area (Å²) in [6.45, 7) is 2.91. The molecule has 1 N–H and O–H groups in total. The van der Waals surface area contributed by atoms with E-state index in [1.54, 1.807) is 12.1 Å². The average molecular weight is 361 g/mol. The van der Waals surface area contributed by atoms with Gasteiger partial charge in [0.1, 0.15) is 11.6 Å². The molecule has 2 nitrogen and oxygen atoms in total. The molecule has 0 aliphatic heterocycles. The van der Waals surface area contributed by atoms with Gasteiger partial charge in [-0.3, -0.25) is 0 Å². The Kier molecular flexibility index (Phi) is 5.64. The maximum Gasteiger partial charge on any atom is 0.169 e. The quantitative estimate of drug-likeness (QED) is 0.773. The lowest BCUT2D eigenvalue weighted by atomic mass is 10.0. The Morgan fingerprint density at radius 2 is 2.15 bits per heavy atom. The third kappa shape index (κ3) is 3.84. The molecule has 0 bridgehead atoms. The molecule has 1 aromatic carbocycles. The Bertz CT molecular complexity index is 553. The molecular formula is C15H16BrClFNO. The molecule has 108 valence electrons. The van der Waals surface area contributed by atoms with Crippen molar-refractivity contribution < 1.29 is 8.81 Å². The average Bonchev–Trinajstić information content (AvgIpc) is 2.84. The normalized spacial score (nSPS) is 12.6. The molecule has 0 aliphatic carbocycles. The highest BCUT2D eigenvalue weighted by molar-refractivity contribution is 9.10. The Morgan fingerprint density at radius 3 is 2.75 bits per heavy atom. The van der Waals surface area contributed by atoms with Gasteiger partial charge in [-0.1, -0.05) is 24.6 Å². The van der Waals surface area contributed by atoms with Crippen LogP contribution < -0.4 is 5.32 Å². The smallest absolute Gasteiger partial charge is 0.169 e. The first kappa shape index (κ1) is 15.5. The second-order valence-corrected chi connectivity index (χ2v) is 5.74. The van der Waals surface area contributed by atoms with Crippen molar-refractivity contribution in [3.63, 3.8) is 0 Å². The molecule has 1 atom stereocenters. The molecule has 2 aromatic rings. The van der Waals surface area contributed by atoms with Crippen LogP contribution in [0.25, 0.3) is 0 Å². The minimum Gasteiger partial charge on any atom is -0.453 e. The number of nitrogens with one attached hydrogen (secondary N) is 1. The molecule has 0 spiro atoms. The highest BCUT2D eigenvalue weighted by Gasteiger charge is 2.19. The molecule has 0 saturated heterocycles. The van der Waals surface area contributed by atoms with Crippen LogP contribution in [-0.2, 0) is 6.42 Å². The minimum absolute atomic E-state index is 0.101. The van der Waals surface area contributed by atoms with Crippen LogP contribution in [0.4, 0.5) is 4.39 Å². The van der Waals surface area contributed by atoms with E-state index in [9.17, 15) is 4.39 Å². The first-order valence-electron chi connectivity index (χ1n) is 6.53. The van der Waals surface area contributed by atoms with E-state index in [0.717, 1.165) is 18.7 Å². The highest BCUT2D eigenvalue weighted by atomic mass is 79.9. The molecule has 5 heteroatoms. The van der Waals surface area contributed by atoms with Crippen LogP contribution in [0.3, 0.4) is 0 Å². The van der Waals surface area contributed by atoms with Gasteiger partial charge in [0.05, 0.1) is 6.04 Å². The molecule has 0 radical (unpaired) electrons. The Labute approximate surface area is 131 Å². The topological polar surface area (TPSA) is 25.2 Å². The van der Waals surface area contributed by atoms with Crippen molar-refractivity contribution in [1.82, 2.24) is 5.32 Å². The van der Waals surface area contributed by atoms with E-state index in [1.807, 2.05) is 12.1 Å². The summed E-state index contributed by atoms with van der Waals surface area (Å²) < 4.78 is 20.1. The van der Waals surface area contributed by atoms with Crippen molar-refractivity contribution in [3.05, 3.63) is 57.2 Å². The summed E-state index contributed by atoms with van der Waals surface area (Å²) in [7, 11) is 0. The van der Waals surface area contributed by atoms with Crippen molar-refractivity contribution in [2.24, 2.45) is 0 Å². The van der Waals surface area contributed by atoms with Crippen molar-refractivity contribution in [2.45, 2.75) is 25.8 Å². The van der Waals surface area contributed by atoms with Crippen LogP contribution in [0, 0.1) is 5.82 Å². The molecule has 0 saturated carbocycles. The lowest BCUT2D eigenvalue weighted by molar-refractivity contribution is 0.397. The number of halogens is 3. The lowest BCUT2D eigenvalue weighted by Crippen LogP contribution is -2.24. The maximum atomic E-state index is 13.9. The molecule has 0 amide bonds. The fourth-order valence-electron chi connectivity index (χ4n) is 2.04. The van der Waals surface area contributed by atoms with Gasteiger partial charge in [0.15, 0.2) is 4.67 Å². The van der Waals surface area contributed by atoms with Crippen LogP contribution >= 0.6 is 27.5 Å². The van der Waals surface area contributed by atoms with Gasteiger partial charge in [-0.2, -0.15) is 0 Å². The number of furan rings is 1. The summed E-state index contributed by atoms with van der Waals surface area (Å²) in [5.74, 6) is 0.482. The van der Waals surface area contributed by atoms with E-state index in [1.165, 1.54) is 6.07 Å². The van der Waals surface area contributed by atoms with Crippen molar-refractivity contribution in [3.8, 4) is 0 Å². The predicted molar refractivity (Wildman–Crippen MR) is 82.6 cm³/mol. The molecule has 0 aliphatic rings. The van der Waals surface area contributed by atoms with Gasteiger partial charge in [0.25, 0.3) is 0 Å². The van der Waals surface area contributed by atoms with Gasteiger partial charge in [-0.15, -0.1) is 0 Å². The summed E-state index contributed by atoms with van der Waals surface area (Å²) in [5, 5.41) is 3.81. The zero-order valence-electron chi connectivity index (χ0n) is 11.1. The molecule has 1 heterocycles. The molecule has 20 heavy (non-hydrogen) atoms. The first-order chi connectivity index (χ1) is 9.61. The lowest BCUT2D eigenvalue weighted by Gasteiger charge is -2.17. The van der Waals surface area contributed by atoms with Gasteiger partial charge in [-0.05, 0) is 59.6 Å².